The molecule has 1 saturated heterocycles. The first kappa shape index (κ1) is 10.7. The van der Waals surface area contributed by atoms with Gasteiger partial charge in [0.05, 0.1) is 0 Å². The van der Waals surface area contributed by atoms with E-state index in [0.29, 0.717) is 6.23 Å². The lowest BCUT2D eigenvalue weighted by Crippen LogP contribution is -2.41. The summed E-state index contributed by atoms with van der Waals surface area (Å²) in [5.41, 5.74) is 1.38. The number of benzene rings is 1. The maximum absolute atomic E-state index is 5.74. The molecule has 1 aromatic carbocycles. The molecule has 15 heavy (non-hydrogen) atoms. The predicted octanol–water partition coefficient (Wildman–Crippen LogP) is 2.65. The fraction of sp³-hybridized carbons (Fsp3) is 0.538. The minimum absolute atomic E-state index is 0.318. The van der Waals surface area contributed by atoms with Crippen LogP contribution < -0.4 is 0 Å². The van der Waals surface area contributed by atoms with E-state index in [4.69, 9.17) is 4.74 Å². The molecule has 2 nitrogen and oxygen atoms in total. The Labute approximate surface area is 91.9 Å². The fourth-order valence-corrected chi connectivity index (χ4v) is 2.11. The number of hydrogen-bond donors (Lipinski definition) is 0. The predicted molar refractivity (Wildman–Crippen MR) is 61.5 cm³/mol. The minimum atomic E-state index is 0.318. The van der Waals surface area contributed by atoms with Gasteiger partial charge in [0.1, 0.15) is 6.23 Å². The van der Waals surface area contributed by atoms with Crippen molar-refractivity contribution in [2.75, 3.05) is 13.2 Å². The molecule has 0 N–H and O–H groups in total. The van der Waals surface area contributed by atoms with Crippen LogP contribution >= 0.6 is 0 Å². The van der Waals surface area contributed by atoms with Crippen molar-refractivity contribution in [1.82, 2.24) is 4.90 Å². The summed E-state index contributed by atoms with van der Waals surface area (Å²) in [5.74, 6) is 0. The Bertz CT molecular complexity index is 286. The van der Waals surface area contributed by atoms with Gasteiger partial charge in [-0.15, -0.1) is 0 Å². The highest BCUT2D eigenvalue weighted by molar-refractivity contribution is 5.14. The third kappa shape index (κ3) is 2.80. The highest BCUT2D eigenvalue weighted by Gasteiger charge is 2.20. The van der Waals surface area contributed by atoms with Gasteiger partial charge in [0.2, 0.25) is 0 Å². The van der Waals surface area contributed by atoms with Crippen LogP contribution in [-0.2, 0) is 11.3 Å². The van der Waals surface area contributed by atoms with Crippen LogP contribution in [0, 0.1) is 0 Å². The Hall–Kier alpha value is -0.860. The first-order chi connectivity index (χ1) is 7.40. The van der Waals surface area contributed by atoms with Crippen molar-refractivity contribution in [1.29, 1.82) is 0 Å². The average Bonchev–Trinajstić information content (AvgIpc) is 2.31. The summed E-state index contributed by atoms with van der Waals surface area (Å²) < 4.78 is 5.74. The zero-order chi connectivity index (χ0) is 10.5. The summed E-state index contributed by atoms with van der Waals surface area (Å²) in [4.78, 5) is 2.43. The van der Waals surface area contributed by atoms with Gasteiger partial charge in [-0.2, -0.15) is 0 Å². The van der Waals surface area contributed by atoms with E-state index >= 15 is 0 Å². The SMILES string of the molecule is CCC1OCCCN1Cc1ccccc1. The molecule has 82 valence electrons. The molecule has 0 spiro atoms. The standard InChI is InChI=1S/C13H19NO/c1-2-13-14(9-6-10-15-13)11-12-7-4-3-5-8-12/h3-5,7-8,13H,2,6,9-11H2,1H3. The molecule has 0 radical (unpaired) electrons. The van der Waals surface area contributed by atoms with Crippen molar-refractivity contribution >= 4 is 0 Å². The van der Waals surface area contributed by atoms with E-state index in [9.17, 15) is 0 Å². The van der Waals surface area contributed by atoms with Crippen LogP contribution in [0.4, 0.5) is 0 Å². The molecule has 1 atom stereocenters. The zero-order valence-corrected chi connectivity index (χ0v) is 9.36. The second kappa shape index (κ2) is 5.29. The molecule has 1 aromatic rings. The van der Waals surface area contributed by atoms with Gasteiger partial charge in [-0.05, 0) is 18.4 Å². The smallest absolute Gasteiger partial charge is 0.110 e. The maximum atomic E-state index is 5.74. The van der Waals surface area contributed by atoms with Crippen LogP contribution in [0.2, 0.25) is 0 Å². The first-order valence-electron chi connectivity index (χ1n) is 5.79. The van der Waals surface area contributed by atoms with Crippen LogP contribution in [0.25, 0.3) is 0 Å². The summed E-state index contributed by atoms with van der Waals surface area (Å²) in [7, 11) is 0. The average molecular weight is 205 g/mol. The van der Waals surface area contributed by atoms with Crippen LogP contribution in [0.3, 0.4) is 0 Å². The van der Waals surface area contributed by atoms with Gasteiger partial charge >= 0.3 is 0 Å². The molecule has 0 aromatic heterocycles. The first-order valence-corrected chi connectivity index (χ1v) is 5.79. The quantitative estimate of drug-likeness (QED) is 0.752. The molecular formula is C13H19NO. The van der Waals surface area contributed by atoms with E-state index in [1.807, 2.05) is 0 Å². The molecule has 1 heterocycles. The summed E-state index contributed by atoms with van der Waals surface area (Å²) >= 11 is 0. The van der Waals surface area contributed by atoms with E-state index in [1.54, 1.807) is 0 Å². The van der Waals surface area contributed by atoms with E-state index in [1.165, 1.54) is 5.56 Å². The van der Waals surface area contributed by atoms with E-state index < -0.39 is 0 Å². The lowest BCUT2D eigenvalue weighted by molar-refractivity contribution is -0.100. The molecule has 2 heteroatoms. The summed E-state index contributed by atoms with van der Waals surface area (Å²) in [6.07, 6.45) is 2.55. The highest BCUT2D eigenvalue weighted by atomic mass is 16.5. The van der Waals surface area contributed by atoms with Gasteiger partial charge in [-0.25, -0.2) is 0 Å². The Kier molecular flexibility index (Phi) is 3.75. The molecule has 0 aliphatic carbocycles. The normalized spacial score (nSPS) is 22.9. The molecule has 1 aliphatic heterocycles. The monoisotopic (exact) mass is 205 g/mol. The van der Waals surface area contributed by atoms with Gasteiger partial charge in [0, 0.05) is 19.7 Å². The van der Waals surface area contributed by atoms with E-state index in [0.717, 1.165) is 32.5 Å². The zero-order valence-electron chi connectivity index (χ0n) is 9.36. The molecule has 2 rings (SSSR count). The van der Waals surface area contributed by atoms with Gasteiger partial charge in [-0.3, -0.25) is 4.90 Å². The topological polar surface area (TPSA) is 12.5 Å². The lowest BCUT2D eigenvalue weighted by atomic mass is 10.2. The van der Waals surface area contributed by atoms with Crippen LogP contribution in [0.15, 0.2) is 30.3 Å². The Balaban J connectivity index is 1.97. The van der Waals surface area contributed by atoms with Crippen molar-refractivity contribution in [3.63, 3.8) is 0 Å². The second-order valence-corrected chi connectivity index (χ2v) is 4.04. The number of nitrogens with zero attached hydrogens (tertiary/aromatic N) is 1. The number of hydrogen-bond acceptors (Lipinski definition) is 2. The maximum Gasteiger partial charge on any atom is 0.110 e. The summed E-state index contributed by atoms with van der Waals surface area (Å²) in [6.45, 7) is 5.28. The summed E-state index contributed by atoms with van der Waals surface area (Å²) in [6, 6.07) is 10.6. The fourth-order valence-electron chi connectivity index (χ4n) is 2.11. The lowest BCUT2D eigenvalue weighted by Gasteiger charge is -2.35. The summed E-state index contributed by atoms with van der Waals surface area (Å²) in [5, 5.41) is 0. The number of rotatable bonds is 3. The third-order valence-electron chi connectivity index (χ3n) is 2.88. The Morgan fingerprint density at radius 1 is 1.33 bits per heavy atom. The minimum Gasteiger partial charge on any atom is -0.363 e. The largest absolute Gasteiger partial charge is 0.363 e. The van der Waals surface area contributed by atoms with Gasteiger partial charge in [0.15, 0.2) is 0 Å². The van der Waals surface area contributed by atoms with Crippen molar-refractivity contribution in [2.45, 2.75) is 32.5 Å². The van der Waals surface area contributed by atoms with Crippen molar-refractivity contribution in [2.24, 2.45) is 0 Å². The van der Waals surface area contributed by atoms with Crippen LogP contribution in [0.5, 0.6) is 0 Å². The van der Waals surface area contributed by atoms with Crippen molar-refractivity contribution in [3.05, 3.63) is 35.9 Å². The van der Waals surface area contributed by atoms with E-state index in [2.05, 4.69) is 42.2 Å². The Morgan fingerprint density at radius 2 is 2.13 bits per heavy atom. The number of ether oxygens (including phenoxy) is 1. The molecule has 0 saturated carbocycles. The molecule has 0 amide bonds. The van der Waals surface area contributed by atoms with Crippen LogP contribution in [0.1, 0.15) is 25.3 Å². The van der Waals surface area contributed by atoms with Crippen molar-refractivity contribution < 1.29 is 4.74 Å². The molecule has 1 fully saturated rings. The van der Waals surface area contributed by atoms with Crippen LogP contribution in [-0.4, -0.2) is 24.3 Å². The Morgan fingerprint density at radius 3 is 2.87 bits per heavy atom. The third-order valence-corrected chi connectivity index (χ3v) is 2.88. The van der Waals surface area contributed by atoms with Gasteiger partial charge in [0.25, 0.3) is 0 Å². The second-order valence-electron chi connectivity index (χ2n) is 4.04. The molecular weight excluding hydrogens is 186 g/mol. The molecule has 1 aliphatic rings. The van der Waals surface area contributed by atoms with E-state index in [-0.39, 0.29) is 0 Å². The molecule has 0 bridgehead atoms. The molecule has 1 unspecified atom stereocenters. The highest BCUT2D eigenvalue weighted by Crippen LogP contribution is 2.16. The van der Waals surface area contributed by atoms with Gasteiger partial charge in [-0.1, -0.05) is 37.3 Å². The van der Waals surface area contributed by atoms with Crippen molar-refractivity contribution in [3.8, 4) is 0 Å². The van der Waals surface area contributed by atoms with Gasteiger partial charge < -0.3 is 4.74 Å².